The molecular formula is C14H24N2S. The average molecular weight is 252 g/mol. The molecule has 96 valence electrons. The normalized spacial score (nSPS) is 24.1. The van der Waals surface area contributed by atoms with Gasteiger partial charge in [-0.15, -0.1) is 0 Å². The molecule has 0 amide bonds. The van der Waals surface area contributed by atoms with Crippen molar-refractivity contribution >= 4 is 11.3 Å². The lowest BCUT2D eigenvalue weighted by atomic mass is 10.0. The fourth-order valence-electron chi connectivity index (χ4n) is 2.69. The summed E-state index contributed by atoms with van der Waals surface area (Å²) >= 11 is 1.80. The van der Waals surface area contributed by atoms with Crippen molar-refractivity contribution in [2.24, 2.45) is 0 Å². The predicted octanol–water partition coefficient (Wildman–Crippen LogP) is 3.27. The molecule has 2 heterocycles. The number of rotatable bonds is 4. The largest absolute Gasteiger partial charge is 0.311 e. The molecule has 2 unspecified atom stereocenters. The van der Waals surface area contributed by atoms with Crippen molar-refractivity contribution in [3.8, 4) is 0 Å². The monoisotopic (exact) mass is 252 g/mol. The van der Waals surface area contributed by atoms with Gasteiger partial charge in [0.05, 0.1) is 0 Å². The first-order valence-corrected chi connectivity index (χ1v) is 7.63. The van der Waals surface area contributed by atoms with Gasteiger partial charge in [0.15, 0.2) is 0 Å². The van der Waals surface area contributed by atoms with E-state index in [4.69, 9.17) is 0 Å². The van der Waals surface area contributed by atoms with Crippen LogP contribution in [-0.4, -0.2) is 30.1 Å². The molecule has 0 aromatic carbocycles. The molecule has 17 heavy (non-hydrogen) atoms. The van der Waals surface area contributed by atoms with E-state index in [0.717, 1.165) is 0 Å². The zero-order chi connectivity index (χ0) is 12.3. The van der Waals surface area contributed by atoms with Crippen LogP contribution in [0.2, 0.25) is 0 Å². The molecule has 2 atom stereocenters. The Bertz CT molecular complexity index is 321. The zero-order valence-corrected chi connectivity index (χ0v) is 12.0. The molecule has 1 saturated heterocycles. The molecule has 2 rings (SSSR count). The first-order valence-electron chi connectivity index (χ1n) is 6.69. The SMILES string of the molecule is CC(C)NC1CCCN(C(C)c2ccsc2)C1. The molecule has 1 aliphatic rings. The smallest absolute Gasteiger partial charge is 0.0328 e. The van der Waals surface area contributed by atoms with Crippen LogP contribution >= 0.6 is 11.3 Å². The zero-order valence-electron chi connectivity index (χ0n) is 11.1. The molecule has 0 spiro atoms. The van der Waals surface area contributed by atoms with E-state index in [1.165, 1.54) is 31.5 Å². The van der Waals surface area contributed by atoms with Crippen molar-refractivity contribution in [3.63, 3.8) is 0 Å². The molecule has 3 heteroatoms. The van der Waals surface area contributed by atoms with E-state index in [0.29, 0.717) is 18.1 Å². The highest BCUT2D eigenvalue weighted by Gasteiger charge is 2.24. The minimum absolute atomic E-state index is 0.568. The second kappa shape index (κ2) is 5.98. The lowest BCUT2D eigenvalue weighted by Gasteiger charge is -2.37. The first kappa shape index (κ1) is 13.1. The molecule has 0 saturated carbocycles. The number of hydrogen-bond donors (Lipinski definition) is 1. The van der Waals surface area contributed by atoms with Gasteiger partial charge in [0.2, 0.25) is 0 Å². The van der Waals surface area contributed by atoms with Gasteiger partial charge >= 0.3 is 0 Å². The van der Waals surface area contributed by atoms with E-state index < -0.39 is 0 Å². The highest BCUT2D eigenvalue weighted by molar-refractivity contribution is 7.07. The number of nitrogens with one attached hydrogen (secondary N) is 1. The van der Waals surface area contributed by atoms with Gasteiger partial charge in [-0.05, 0) is 48.7 Å². The van der Waals surface area contributed by atoms with E-state index in [-0.39, 0.29) is 0 Å². The molecule has 1 aromatic rings. The van der Waals surface area contributed by atoms with Crippen LogP contribution in [0.5, 0.6) is 0 Å². The summed E-state index contributed by atoms with van der Waals surface area (Å²) in [7, 11) is 0. The summed E-state index contributed by atoms with van der Waals surface area (Å²) < 4.78 is 0. The van der Waals surface area contributed by atoms with Gasteiger partial charge in [0, 0.05) is 24.7 Å². The summed E-state index contributed by atoms with van der Waals surface area (Å²) in [6.45, 7) is 9.24. The van der Waals surface area contributed by atoms with Crippen molar-refractivity contribution in [1.82, 2.24) is 10.2 Å². The minimum Gasteiger partial charge on any atom is -0.311 e. The topological polar surface area (TPSA) is 15.3 Å². The van der Waals surface area contributed by atoms with Crippen LogP contribution in [-0.2, 0) is 0 Å². The Kier molecular flexibility index (Phi) is 4.60. The van der Waals surface area contributed by atoms with Crippen LogP contribution in [0.1, 0.15) is 45.2 Å². The molecular weight excluding hydrogens is 228 g/mol. The Labute approximate surface area is 109 Å². The van der Waals surface area contributed by atoms with Crippen LogP contribution in [0.4, 0.5) is 0 Å². The first-order chi connectivity index (χ1) is 8.16. The third-order valence-electron chi connectivity index (χ3n) is 3.60. The summed E-state index contributed by atoms with van der Waals surface area (Å²) in [6, 6.07) is 4.09. The standard InChI is InChI=1S/C14H24N2S/c1-11(2)15-14-5-4-7-16(9-14)12(3)13-6-8-17-10-13/h6,8,10-12,14-15H,4-5,7,9H2,1-3H3. The van der Waals surface area contributed by atoms with Gasteiger partial charge in [0.25, 0.3) is 0 Å². The van der Waals surface area contributed by atoms with Crippen LogP contribution in [0.3, 0.4) is 0 Å². The molecule has 0 radical (unpaired) electrons. The van der Waals surface area contributed by atoms with Crippen molar-refractivity contribution in [1.29, 1.82) is 0 Å². The lowest BCUT2D eigenvalue weighted by molar-refractivity contribution is 0.142. The number of nitrogens with zero attached hydrogens (tertiary/aromatic N) is 1. The molecule has 1 N–H and O–H groups in total. The summed E-state index contributed by atoms with van der Waals surface area (Å²) in [5, 5.41) is 8.13. The van der Waals surface area contributed by atoms with Gasteiger partial charge in [-0.1, -0.05) is 13.8 Å². The molecule has 1 aromatic heterocycles. The summed E-state index contributed by atoms with van der Waals surface area (Å²) in [6.07, 6.45) is 2.64. The van der Waals surface area contributed by atoms with E-state index in [9.17, 15) is 0 Å². The van der Waals surface area contributed by atoms with Gasteiger partial charge in [0.1, 0.15) is 0 Å². The van der Waals surface area contributed by atoms with Crippen molar-refractivity contribution in [2.45, 2.75) is 51.7 Å². The molecule has 2 nitrogen and oxygen atoms in total. The molecule has 1 aliphatic heterocycles. The molecule has 1 fully saturated rings. The van der Waals surface area contributed by atoms with Crippen LogP contribution in [0, 0.1) is 0 Å². The summed E-state index contributed by atoms with van der Waals surface area (Å²) in [5.74, 6) is 0. The van der Waals surface area contributed by atoms with Gasteiger partial charge in [-0.25, -0.2) is 0 Å². The predicted molar refractivity (Wildman–Crippen MR) is 75.6 cm³/mol. The lowest BCUT2D eigenvalue weighted by Crippen LogP contribution is -2.48. The fraction of sp³-hybridized carbons (Fsp3) is 0.714. The van der Waals surface area contributed by atoms with Gasteiger partial charge < -0.3 is 5.32 Å². The maximum atomic E-state index is 3.67. The van der Waals surface area contributed by atoms with Crippen LogP contribution in [0.15, 0.2) is 16.8 Å². The Morgan fingerprint density at radius 3 is 2.88 bits per heavy atom. The van der Waals surface area contributed by atoms with Gasteiger partial charge in [-0.2, -0.15) is 11.3 Å². The second-order valence-corrected chi connectivity index (χ2v) is 6.17. The maximum absolute atomic E-state index is 3.67. The molecule has 0 aliphatic carbocycles. The Balaban J connectivity index is 1.92. The van der Waals surface area contributed by atoms with Gasteiger partial charge in [-0.3, -0.25) is 4.90 Å². The number of piperidine rings is 1. The van der Waals surface area contributed by atoms with E-state index >= 15 is 0 Å². The van der Waals surface area contributed by atoms with Crippen molar-refractivity contribution in [3.05, 3.63) is 22.4 Å². The summed E-state index contributed by atoms with van der Waals surface area (Å²) in [5.41, 5.74) is 1.47. The summed E-state index contributed by atoms with van der Waals surface area (Å²) in [4.78, 5) is 2.62. The fourth-order valence-corrected chi connectivity index (χ4v) is 3.44. The number of thiophene rings is 1. The quantitative estimate of drug-likeness (QED) is 0.885. The number of likely N-dealkylation sites (tertiary alicyclic amines) is 1. The van der Waals surface area contributed by atoms with E-state index in [1.54, 1.807) is 11.3 Å². The Morgan fingerprint density at radius 2 is 2.24 bits per heavy atom. The van der Waals surface area contributed by atoms with Crippen LogP contribution < -0.4 is 5.32 Å². The second-order valence-electron chi connectivity index (χ2n) is 5.39. The third-order valence-corrected chi connectivity index (χ3v) is 4.30. The Hall–Kier alpha value is -0.380. The van der Waals surface area contributed by atoms with Crippen molar-refractivity contribution in [2.75, 3.05) is 13.1 Å². The van der Waals surface area contributed by atoms with E-state index in [2.05, 4.69) is 47.8 Å². The Morgan fingerprint density at radius 1 is 1.41 bits per heavy atom. The van der Waals surface area contributed by atoms with Crippen molar-refractivity contribution < 1.29 is 0 Å². The highest BCUT2D eigenvalue weighted by atomic mass is 32.1. The maximum Gasteiger partial charge on any atom is 0.0328 e. The highest BCUT2D eigenvalue weighted by Crippen LogP contribution is 2.25. The van der Waals surface area contributed by atoms with E-state index in [1.807, 2.05) is 0 Å². The molecule has 0 bridgehead atoms. The number of hydrogen-bond acceptors (Lipinski definition) is 3. The third kappa shape index (κ3) is 3.54. The van der Waals surface area contributed by atoms with Crippen LogP contribution in [0.25, 0.3) is 0 Å². The average Bonchev–Trinajstić information content (AvgIpc) is 2.81. The minimum atomic E-state index is 0.568.